The minimum atomic E-state index is -0.367. The number of carbonyl (C=O) groups is 1. The fourth-order valence-electron chi connectivity index (χ4n) is 3.39. The number of hydrogen-bond donors (Lipinski definition) is 1. The van der Waals surface area contributed by atoms with Gasteiger partial charge in [0.15, 0.2) is 0 Å². The molecule has 1 aliphatic rings. The lowest BCUT2D eigenvalue weighted by Gasteiger charge is -2.35. The molecule has 9 nitrogen and oxygen atoms in total. The second-order valence-corrected chi connectivity index (χ2v) is 7.08. The third kappa shape index (κ3) is 5.06. The Morgan fingerprint density at radius 1 is 1.00 bits per heavy atom. The van der Waals surface area contributed by atoms with E-state index < -0.39 is 0 Å². The molecule has 1 aliphatic heterocycles. The fourth-order valence-corrected chi connectivity index (χ4v) is 3.39. The van der Waals surface area contributed by atoms with Gasteiger partial charge < -0.3 is 10.2 Å². The molecule has 0 bridgehead atoms. The van der Waals surface area contributed by atoms with Crippen molar-refractivity contribution in [3.63, 3.8) is 0 Å². The van der Waals surface area contributed by atoms with Gasteiger partial charge in [-0.05, 0) is 11.6 Å². The van der Waals surface area contributed by atoms with Crippen LogP contribution in [-0.2, 0) is 17.9 Å². The van der Waals surface area contributed by atoms with Crippen molar-refractivity contribution < 1.29 is 4.79 Å². The molecular weight excluding hydrogens is 382 g/mol. The molecular formula is C21H23N7O2. The smallest absolute Gasteiger partial charge is 0.267 e. The standard InChI is InChI=1S/C21H23N7O2/c29-20(15-28-21(30)7-4-8-24-28)25-18-13-19(23-16-22-18)27-11-9-26(10-12-27)14-17-5-2-1-3-6-17/h1-8,13,16H,9-12,14-15H2,(H,22,23,25,29). The normalized spacial score (nSPS) is 14.5. The molecule has 1 fully saturated rings. The van der Waals surface area contributed by atoms with Crippen LogP contribution in [0, 0.1) is 0 Å². The van der Waals surface area contributed by atoms with Crippen molar-refractivity contribution in [3.8, 4) is 0 Å². The van der Waals surface area contributed by atoms with Gasteiger partial charge in [-0.25, -0.2) is 14.6 Å². The second kappa shape index (κ2) is 9.27. The van der Waals surface area contributed by atoms with Gasteiger partial charge in [0.05, 0.1) is 0 Å². The molecule has 1 aromatic carbocycles. The van der Waals surface area contributed by atoms with E-state index in [2.05, 4.69) is 54.4 Å². The van der Waals surface area contributed by atoms with Gasteiger partial charge in [-0.3, -0.25) is 14.5 Å². The van der Waals surface area contributed by atoms with E-state index in [4.69, 9.17) is 0 Å². The average Bonchev–Trinajstić information content (AvgIpc) is 2.77. The maximum atomic E-state index is 12.2. The number of carbonyl (C=O) groups excluding carboxylic acids is 1. The van der Waals surface area contributed by atoms with Crippen LogP contribution in [0.4, 0.5) is 11.6 Å². The lowest BCUT2D eigenvalue weighted by atomic mass is 10.2. The summed E-state index contributed by atoms with van der Waals surface area (Å²) >= 11 is 0. The highest BCUT2D eigenvalue weighted by Gasteiger charge is 2.19. The third-order valence-corrected chi connectivity index (χ3v) is 4.94. The van der Waals surface area contributed by atoms with Gasteiger partial charge in [0.25, 0.3) is 5.56 Å². The van der Waals surface area contributed by atoms with Gasteiger partial charge >= 0.3 is 0 Å². The largest absolute Gasteiger partial charge is 0.354 e. The first kappa shape index (κ1) is 19.7. The zero-order valence-corrected chi connectivity index (χ0v) is 16.5. The summed E-state index contributed by atoms with van der Waals surface area (Å²) < 4.78 is 1.10. The topological polar surface area (TPSA) is 96.2 Å². The van der Waals surface area contributed by atoms with E-state index in [1.807, 2.05) is 6.07 Å². The van der Waals surface area contributed by atoms with Crippen LogP contribution in [0.3, 0.4) is 0 Å². The summed E-state index contributed by atoms with van der Waals surface area (Å²) in [5.41, 5.74) is 0.981. The van der Waals surface area contributed by atoms with Crippen LogP contribution in [0.25, 0.3) is 0 Å². The predicted molar refractivity (Wildman–Crippen MR) is 113 cm³/mol. The summed E-state index contributed by atoms with van der Waals surface area (Å²) in [5.74, 6) is 0.809. The summed E-state index contributed by atoms with van der Waals surface area (Å²) in [5, 5.41) is 6.60. The number of anilines is 2. The average molecular weight is 405 g/mol. The zero-order chi connectivity index (χ0) is 20.8. The molecule has 4 rings (SSSR count). The van der Waals surface area contributed by atoms with E-state index in [9.17, 15) is 9.59 Å². The van der Waals surface area contributed by atoms with Crippen LogP contribution >= 0.6 is 0 Å². The quantitative estimate of drug-likeness (QED) is 0.653. The van der Waals surface area contributed by atoms with Crippen molar-refractivity contribution in [2.75, 3.05) is 36.4 Å². The lowest BCUT2D eigenvalue weighted by Crippen LogP contribution is -2.46. The molecule has 0 atom stereocenters. The number of benzene rings is 1. The molecule has 0 spiro atoms. The van der Waals surface area contributed by atoms with Crippen molar-refractivity contribution in [1.82, 2.24) is 24.6 Å². The number of nitrogens with zero attached hydrogens (tertiary/aromatic N) is 6. The second-order valence-electron chi connectivity index (χ2n) is 7.08. The Balaban J connectivity index is 1.33. The monoisotopic (exact) mass is 405 g/mol. The molecule has 1 N–H and O–H groups in total. The minimum absolute atomic E-state index is 0.169. The lowest BCUT2D eigenvalue weighted by molar-refractivity contribution is -0.117. The van der Waals surface area contributed by atoms with Crippen molar-refractivity contribution >= 4 is 17.5 Å². The summed E-state index contributed by atoms with van der Waals surface area (Å²) in [7, 11) is 0. The maximum Gasteiger partial charge on any atom is 0.267 e. The summed E-state index contributed by atoms with van der Waals surface area (Å²) in [6.07, 6.45) is 2.91. The van der Waals surface area contributed by atoms with Crippen molar-refractivity contribution in [1.29, 1.82) is 0 Å². The minimum Gasteiger partial charge on any atom is -0.354 e. The first-order valence-electron chi connectivity index (χ1n) is 9.83. The Bertz CT molecular complexity index is 1050. The molecule has 9 heteroatoms. The zero-order valence-electron chi connectivity index (χ0n) is 16.5. The third-order valence-electron chi connectivity index (χ3n) is 4.94. The van der Waals surface area contributed by atoms with Gasteiger partial charge in [0, 0.05) is 51.1 Å². The number of piperazine rings is 1. The van der Waals surface area contributed by atoms with E-state index in [-0.39, 0.29) is 18.0 Å². The van der Waals surface area contributed by atoms with Gasteiger partial charge in [-0.15, -0.1) is 0 Å². The van der Waals surface area contributed by atoms with Gasteiger partial charge in [-0.2, -0.15) is 5.10 Å². The predicted octanol–water partition coefficient (Wildman–Crippen LogP) is 0.994. The Labute approximate surface area is 174 Å². The SMILES string of the molecule is O=C(Cn1ncccc1=O)Nc1cc(N2CCN(Cc3ccccc3)CC2)ncn1. The molecule has 1 amide bonds. The Morgan fingerprint density at radius 2 is 1.80 bits per heavy atom. The van der Waals surface area contributed by atoms with E-state index in [1.54, 1.807) is 6.07 Å². The van der Waals surface area contributed by atoms with Crippen LogP contribution in [0.15, 0.2) is 65.8 Å². The molecule has 0 radical (unpaired) electrons. The molecule has 0 aliphatic carbocycles. The number of amides is 1. The molecule has 0 saturated carbocycles. The molecule has 0 unspecified atom stereocenters. The van der Waals surface area contributed by atoms with Crippen molar-refractivity contribution in [3.05, 3.63) is 77.0 Å². The first-order valence-corrected chi connectivity index (χ1v) is 9.83. The summed E-state index contributed by atoms with van der Waals surface area (Å²) in [6.45, 7) is 4.33. The van der Waals surface area contributed by atoms with Gasteiger partial charge in [0.2, 0.25) is 5.91 Å². The summed E-state index contributed by atoms with van der Waals surface area (Å²) in [4.78, 5) is 37.0. The molecule has 30 heavy (non-hydrogen) atoms. The number of hydrogen-bond acceptors (Lipinski definition) is 7. The molecule has 3 heterocycles. The fraction of sp³-hybridized carbons (Fsp3) is 0.286. The van der Waals surface area contributed by atoms with E-state index in [0.29, 0.717) is 5.82 Å². The van der Waals surface area contributed by atoms with E-state index >= 15 is 0 Å². The number of nitrogens with one attached hydrogen (secondary N) is 1. The van der Waals surface area contributed by atoms with Crippen LogP contribution in [0.2, 0.25) is 0 Å². The Kier molecular flexibility index (Phi) is 6.09. The molecule has 3 aromatic rings. The Hall–Kier alpha value is -3.59. The van der Waals surface area contributed by atoms with Crippen LogP contribution in [-0.4, -0.2) is 56.7 Å². The molecule has 2 aromatic heterocycles. The Morgan fingerprint density at radius 3 is 2.57 bits per heavy atom. The first-order chi connectivity index (χ1) is 14.7. The van der Waals surface area contributed by atoms with Crippen LogP contribution < -0.4 is 15.8 Å². The van der Waals surface area contributed by atoms with Gasteiger partial charge in [-0.1, -0.05) is 30.3 Å². The highest BCUT2D eigenvalue weighted by atomic mass is 16.2. The van der Waals surface area contributed by atoms with Crippen LogP contribution in [0.5, 0.6) is 0 Å². The van der Waals surface area contributed by atoms with E-state index in [1.165, 1.54) is 30.2 Å². The highest BCUT2D eigenvalue weighted by Crippen LogP contribution is 2.17. The molecule has 1 saturated heterocycles. The molecule has 154 valence electrons. The summed E-state index contributed by atoms with van der Waals surface area (Å²) in [6, 6.07) is 15.1. The van der Waals surface area contributed by atoms with Crippen molar-refractivity contribution in [2.24, 2.45) is 0 Å². The van der Waals surface area contributed by atoms with Crippen LogP contribution in [0.1, 0.15) is 5.56 Å². The number of aromatic nitrogens is 4. The van der Waals surface area contributed by atoms with E-state index in [0.717, 1.165) is 43.2 Å². The maximum absolute atomic E-state index is 12.2. The van der Waals surface area contributed by atoms with Crippen molar-refractivity contribution in [2.45, 2.75) is 13.1 Å². The van der Waals surface area contributed by atoms with Gasteiger partial charge in [0.1, 0.15) is 24.5 Å². The highest BCUT2D eigenvalue weighted by molar-refractivity contribution is 5.89. The number of rotatable bonds is 6.